The lowest BCUT2D eigenvalue weighted by Crippen LogP contribution is -2.43. The van der Waals surface area contributed by atoms with Crippen LogP contribution in [0.4, 0.5) is 0 Å². The Morgan fingerprint density at radius 2 is 1.67 bits per heavy atom. The van der Waals surface area contributed by atoms with E-state index < -0.39 is 0 Å². The molecule has 1 aliphatic carbocycles. The molecule has 0 radical (unpaired) electrons. The molecule has 154 valence electrons. The summed E-state index contributed by atoms with van der Waals surface area (Å²) in [5, 5.41) is 0.787. The lowest BCUT2D eigenvalue weighted by Gasteiger charge is -2.41. The monoisotopic (exact) mass is 418 g/mol. The summed E-state index contributed by atoms with van der Waals surface area (Å²) in [6.07, 6.45) is 2.86. The van der Waals surface area contributed by atoms with Gasteiger partial charge in [0.1, 0.15) is 0 Å². The van der Waals surface area contributed by atoms with Gasteiger partial charge < -0.3 is 10.6 Å². The highest BCUT2D eigenvalue weighted by molar-refractivity contribution is 6.31. The molecule has 1 aliphatic rings. The van der Waals surface area contributed by atoms with Gasteiger partial charge in [-0.2, -0.15) is 0 Å². The first-order valence-electron chi connectivity index (χ1n) is 10.5. The van der Waals surface area contributed by atoms with Crippen molar-refractivity contribution >= 4 is 17.5 Å². The Morgan fingerprint density at radius 1 is 0.967 bits per heavy atom. The molecule has 4 rings (SSSR count). The predicted octanol–water partition coefficient (Wildman–Crippen LogP) is 5.17. The number of aryl methyl sites for hydroxylation is 1. The van der Waals surface area contributed by atoms with Gasteiger partial charge in [0.25, 0.3) is 0 Å². The third-order valence-corrected chi connectivity index (χ3v) is 6.44. The summed E-state index contributed by atoms with van der Waals surface area (Å²) in [6, 6.07) is 26.6. The van der Waals surface area contributed by atoms with E-state index in [1.165, 1.54) is 11.1 Å². The number of amides is 1. The quantitative estimate of drug-likeness (QED) is 0.600. The van der Waals surface area contributed by atoms with Crippen LogP contribution in [-0.4, -0.2) is 17.4 Å². The zero-order valence-corrected chi connectivity index (χ0v) is 17.8. The van der Waals surface area contributed by atoms with Crippen molar-refractivity contribution in [2.75, 3.05) is 6.54 Å². The Kier molecular flexibility index (Phi) is 6.51. The molecule has 0 saturated carbocycles. The highest BCUT2D eigenvalue weighted by atomic mass is 35.5. The summed E-state index contributed by atoms with van der Waals surface area (Å²) in [5.74, 6) is 0.253. The molecule has 0 saturated heterocycles. The van der Waals surface area contributed by atoms with Crippen LogP contribution in [0, 0.1) is 5.92 Å². The van der Waals surface area contributed by atoms with Crippen molar-refractivity contribution in [3.05, 3.63) is 106 Å². The average molecular weight is 419 g/mol. The minimum absolute atomic E-state index is 0.00428. The van der Waals surface area contributed by atoms with Crippen LogP contribution in [0.3, 0.4) is 0 Å². The van der Waals surface area contributed by atoms with Gasteiger partial charge in [0, 0.05) is 11.6 Å². The molecule has 2 unspecified atom stereocenters. The molecule has 0 heterocycles. The summed E-state index contributed by atoms with van der Waals surface area (Å²) in [6.45, 7) is 0.555. The average Bonchev–Trinajstić information content (AvgIpc) is 2.79. The van der Waals surface area contributed by atoms with E-state index >= 15 is 0 Å². The van der Waals surface area contributed by atoms with Crippen LogP contribution in [0.25, 0.3) is 0 Å². The number of benzene rings is 3. The van der Waals surface area contributed by atoms with Gasteiger partial charge in [-0.3, -0.25) is 4.79 Å². The van der Waals surface area contributed by atoms with Crippen molar-refractivity contribution in [1.29, 1.82) is 0 Å². The van der Waals surface area contributed by atoms with Crippen molar-refractivity contribution in [2.45, 2.75) is 31.8 Å². The Balaban J connectivity index is 1.74. The largest absolute Gasteiger partial charge is 0.330 e. The van der Waals surface area contributed by atoms with Crippen molar-refractivity contribution < 1.29 is 4.79 Å². The van der Waals surface area contributed by atoms with Gasteiger partial charge in [-0.25, -0.2) is 0 Å². The molecule has 1 amide bonds. The summed E-state index contributed by atoms with van der Waals surface area (Å²) in [4.78, 5) is 15.0. The summed E-state index contributed by atoms with van der Waals surface area (Å²) in [7, 11) is 0. The van der Waals surface area contributed by atoms with Gasteiger partial charge in [-0.05, 0) is 53.5 Å². The summed E-state index contributed by atoms with van der Waals surface area (Å²) < 4.78 is 0. The third kappa shape index (κ3) is 4.43. The number of hydrogen-bond acceptors (Lipinski definition) is 2. The van der Waals surface area contributed by atoms with Gasteiger partial charge in [0.05, 0.1) is 12.6 Å². The van der Waals surface area contributed by atoms with E-state index in [-0.39, 0.29) is 24.4 Å². The smallest absolute Gasteiger partial charge is 0.237 e. The normalized spacial score (nSPS) is 17.9. The Hall–Kier alpha value is -2.62. The number of carbonyl (C=O) groups excluding carboxylic acids is 1. The Morgan fingerprint density at radius 3 is 2.43 bits per heavy atom. The molecule has 30 heavy (non-hydrogen) atoms. The minimum Gasteiger partial charge on any atom is -0.330 e. The minimum atomic E-state index is -0.0255. The lowest BCUT2D eigenvalue weighted by atomic mass is 9.76. The maximum absolute atomic E-state index is 13.1. The van der Waals surface area contributed by atoms with Crippen molar-refractivity contribution in [3.63, 3.8) is 0 Å². The van der Waals surface area contributed by atoms with E-state index in [4.69, 9.17) is 17.3 Å². The lowest BCUT2D eigenvalue weighted by molar-refractivity contribution is -0.134. The number of halogens is 1. The highest BCUT2D eigenvalue weighted by Crippen LogP contribution is 2.41. The second-order valence-electron chi connectivity index (χ2n) is 7.95. The van der Waals surface area contributed by atoms with Crippen molar-refractivity contribution in [2.24, 2.45) is 11.7 Å². The standard InChI is InChI=1S/C26H27ClN2O/c27-24-13-7-5-11-21(24)16-22-15-14-20-10-4-6-12-23(20)26(22)29(25(30)17-28)18-19-8-2-1-3-9-19/h1-13,22,26H,14-18,28H2. The second-order valence-corrected chi connectivity index (χ2v) is 8.36. The van der Waals surface area contributed by atoms with E-state index in [1.54, 1.807) is 0 Å². The number of carbonyl (C=O) groups is 1. The van der Waals surface area contributed by atoms with Gasteiger partial charge in [0.15, 0.2) is 0 Å². The van der Waals surface area contributed by atoms with Gasteiger partial charge in [0.2, 0.25) is 5.91 Å². The first-order valence-corrected chi connectivity index (χ1v) is 10.9. The molecule has 2 atom stereocenters. The van der Waals surface area contributed by atoms with Crippen LogP contribution in [-0.2, 0) is 24.2 Å². The maximum atomic E-state index is 13.1. The van der Waals surface area contributed by atoms with Crippen LogP contribution in [0.5, 0.6) is 0 Å². The first kappa shape index (κ1) is 20.6. The number of nitrogens with zero attached hydrogens (tertiary/aromatic N) is 1. The van der Waals surface area contributed by atoms with Crippen LogP contribution in [0.15, 0.2) is 78.9 Å². The fourth-order valence-electron chi connectivity index (χ4n) is 4.62. The highest BCUT2D eigenvalue weighted by Gasteiger charge is 2.36. The van der Waals surface area contributed by atoms with Crippen LogP contribution in [0.1, 0.15) is 34.7 Å². The Labute approximate surface area is 183 Å². The van der Waals surface area contributed by atoms with E-state index in [0.29, 0.717) is 6.54 Å². The molecule has 0 aliphatic heterocycles. The molecular weight excluding hydrogens is 392 g/mol. The molecule has 3 nitrogen and oxygen atoms in total. The SMILES string of the molecule is NCC(=O)N(Cc1ccccc1)C1c2ccccc2CCC1Cc1ccccc1Cl. The molecule has 0 bridgehead atoms. The molecule has 4 heteroatoms. The molecule has 3 aromatic carbocycles. The summed E-state index contributed by atoms with van der Waals surface area (Å²) >= 11 is 6.49. The van der Waals surface area contributed by atoms with Gasteiger partial charge in [-0.1, -0.05) is 84.4 Å². The molecule has 2 N–H and O–H groups in total. The van der Waals surface area contributed by atoms with Crippen molar-refractivity contribution in [1.82, 2.24) is 4.90 Å². The summed E-state index contributed by atoms with van der Waals surface area (Å²) in [5.41, 5.74) is 10.7. The fraction of sp³-hybridized carbons (Fsp3) is 0.269. The zero-order chi connectivity index (χ0) is 20.9. The number of rotatable bonds is 6. The molecular formula is C26H27ClN2O. The van der Waals surface area contributed by atoms with Crippen LogP contribution >= 0.6 is 11.6 Å². The predicted molar refractivity (Wildman–Crippen MR) is 122 cm³/mol. The van der Waals surface area contributed by atoms with E-state index in [2.05, 4.69) is 42.5 Å². The van der Waals surface area contributed by atoms with Gasteiger partial charge >= 0.3 is 0 Å². The molecule has 0 aromatic heterocycles. The third-order valence-electron chi connectivity index (χ3n) is 6.07. The van der Waals surface area contributed by atoms with Crippen LogP contribution < -0.4 is 5.73 Å². The molecule has 0 spiro atoms. The second kappa shape index (κ2) is 9.46. The van der Waals surface area contributed by atoms with E-state index in [1.807, 2.05) is 41.3 Å². The van der Waals surface area contributed by atoms with E-state index in [9.17, 15) is 4.79 Å². The van der Waals surface area contributed by atoms with E-state index in [0.717, 1.165) is 35.4 Å². The van der Waals surface area contributed by atoms with Crippen molar-refractivity contribution in [3.8, 4) is 0 Å². The fourth-order valence-corrected chi connectivity index (χ4v) is 4.84. The first-order chi connectivity index (χ1) is 14.7. The van der Waals surface area contributed by atoms with Crippen LogP contribution in [0.2, 0.25) is 5.02 Å². The van der Waals surface area contributed by atoms with Gasteiger partial charge in [-0.15, -0.1) is 0 Å². The molecule has 0 fully saturated rings. The zero-order valence-electron chi connectivity index (χ0n) is 17.0. The number of nitrogens with two attached hydrogens (primary N) is 1. The Bertz CT molecular complexity index is 1000. The molecule has 3 aromatic rings. The maximum Gasteiger partial charge on any atom is 0.237 e. The topological polar surface area (TPSA) is 46.3 Å². The number of fused-ring (bicyclic) bond motifs is 1. The number of hydrogen-bond donors (Lipinski definition) is 1.